The topological polar surface area (TPSA) is 94.4 Å². The number of carbonyl (C=O) groups is 1. The van der Waals surface area contributed by atoms with E-state index >= 15 is 0 Å². The highest BCUT2D eigenvalue weighted by Crippen LogP contribution is 2.28. The zero-order valence-corrected chi connectivity index (χ0v) is 14.4. The first kappa shape index (κ1) is 16.8. The summed E-state index contributed by atoms with van der Waals surface area (Å²) < 4.78 is 6.28. The summed E-state index contributed by atoms with van der Waals surface area (Å²) in [6, 6.07) is 10.4. The summed E-state index contributed by atoms with van der Waals surface area (Å²) in [6.45, 7) is 3.40. The molecule has 1 N–H and O–H groups in total. The molecule has 1 aromatic heterocycles. The molecule has 8 heteroatoms. The fourth-order valence-corrected chi connectivity index (χ4v) is 3.26. The maximum Gasteiger partial charge on any atom is 0.311 e. The molecule has 0 atom stereocenters. The predicted octanol–water partition coefficient (Wildman–Crippen LogP) is 3.84. The van der Waals surface area contributed by atoms with Crippen LogP contribution in [0.25, 0.3) is 10.2 Å². The number of fused-ring (bicyclic) bond motifs is 1. The number of rotatable bonds is 5. The number of nitrogens with zero attached hydrogens (tertiary/aromatic N) is 2. The van der Waals surface area contributed by atoms with E-state index in [1.807, 2.05) is 25.1 Å². The van der Waals surface area contributed by atoms with Crippen LogP contribution in [0.4, 0.5) is 10.8 Å². The highest BCUT2D eigenvalue weighted by atomic mass is 32.1. The number of hydrogen-bond acceptors (Lipinski definition) is 6. The quantitative estimate of drug-likeness (QED) is 0.553. The van der Waals surface area contributed by atoms with Crippen molar-refractivity contribution < 1.29 is 14.5 Å². The Morgan fingerprint density at radius 3 is 2.72 bits per heavy atom. The van der Waals surface area contributed by atoms with E-state index in [9.17, 15) is 14.9 Å². The largest absolute Gasteiger partial charge is 0.477 e. The predicted molar refractivity (Wildman–Crippen MR) is 96.3 cm³/mol. The molecule has 0 saturated heterocycles. The second-order valence-electron chi connectivity index (χ2n) is 5.56. The molecule has 0 spiro atoms. The Kier molecular flexibility index (Phi) is 4.62. The number of nitro groups is 1. The Morgan fingerprint density at radius 1 is 1.24 bits per heavy atom. The second kappa shape index (κ2) is 6.86. The van der Waals surface area contributed by atoms with Crippen LogP contribution in [0.3, 0.4) is 0 Å². The Balaban J connectivity index is 1.67. The third-order valence-corrected chi connectivity index (χ3v) is 4.39. The molecule has 3 rings (SSSR count). The van der Waals surface area contributed by atoms with E-state index in [1.165, 1.54) is 23.5 Å². The minimum atomic E-state index is -0.532. The number of benzene rings is 2. The van der Waals surface area contributed by atoms with Crippen molar-refractivity contribution in [1.82, 2.24) is 4.98 Å². The van der Waals surface area contributed by atoms with Crippen LogP contribution in [0.2, 0.25) is 0 Å². The van der Waals surface area contributed by atoms with Crippen molar-refractivity contribution in [1.29, 1.82) is 0 Å². The van der Waals surface area contributed by atoms with Crippen molar-refractivity contribution in [3.05, 3.63) is 57.6 Å². The first-order valence-corrected chi connectivity index (χ1v) is 8.29. The third-order valence-electron chi connectivity index (χ3n) is 3.46. The lowest BCUT2D eigenvalue weighted by atomic mass is 10.2. The lowest BCUT2D eigenvalue weighted by molar-refractivity contribution is -0.385. The van der Waals surface area contributed by atoms with Crippen LogP contribution < -0.4 is 10.1 Å². The van der Waals surface area contributed by atoms with Gasteiger partial charge in [-0.25, -0.2) is 4.98 Å². The Labute approximate surface area is 147 Å². The summed E-state index contributed by atoms with van der Waals surface area (Å²) in [4.78, 5) is 26.9. The molecule has 0 bridgehead atoms. The summed E-state index contributed by atoms with van der Waals surface area (Å²) in [5, 5.41) is 14.2. The minimum absolute atomic E-state index is 0.0608. The highest BCUT2D eigenvalue weighted by molar-refractivity contribution is 7.22. The minimum Gasteiger partial charge on any atom is -0.477 e. The highest BCUT2D eigenvalue weighted by Gasteiger charge is 2.16. The van der Waals surface area contributed by atoms with Crippen molar-refractivity contribution in [3.8, 4) is 5.75 Å². The van der Waals surface area contributed by atoms with Crippen LogP contribution in [0.5, 0.6) is 5.75 Å². The van der Waals surface area contributed by atoms with Crippen molar-refractivity contribution in [2.24, 2.45) is 0 Å². The van der Waals surface area contributed by atoms with E-state index in [0.717, 1.165) is 21.3 Å². The van der Waals surface area contributed by atoms with Crippen LogP contribution in [-0.2, 0) is 4.79 Å². The molecule has 0 saturated carbocycles. The van der Waals surface area contributed by atoms with E-state index in [0.29, 0.717) is 5.13 Å². The number of nitrogens with one attached hydrogen (secondary N) is 1. The fourth-order valence-electron chi connectivity index (χ4n) is 2.28. The van der Waals surface area contributed by atoms with Gasteiger partial charge in [-0.15, -0.1) is 0 Å². The normalized spacial score (nSPS) is 10.6. The Morgan fingerprint density at radius 2 is 1.96 bits per heavy atom. The summed E-state index contributed by atoms with van der Waals surface area (Å²) in [6.07, 6.45) is 0. The molecule has 0 aliphatic heterocycles. The number of carbonyl (C=O) groups excluding carboxylic acids is 1. The van der Waals surface area contributed by atoms with E-state index < -0.39 is 10.8 Å². The van der Waals surface area contributed by atoms with E-state index in [-0.39, 0.29) is 18.0 Å². The first-order valence-electron chi connectivity index (χ1n) is 7.47. The van der Waals surface area contributed by atoms with Gasteiger partial charge in [0.15, 0.2) is 17.5 Å². The van der Waals surface area contributed by atoms with Crippen molar-refractivity contribution in [2.75, 3.05) is 11.9 Å². The summed E-state index contributed by atoms with van der Waals surface area (Å²) >= 11 is 1.36. The molecular formula is C17H15N3O4S. The van der Waals surface area contributed by atoms with Crippen molar-refractivity contribution >= 4 is 38.3 Å². The maximum absolute atomic E-state index is 12.0. The first-order chi connectivity index (χ1) is 11.9. The molecule has 25 heavy (non-hydrogen) atoms. The maximum atomic E-state index is 12.0. The third kappa shape index (κ3) is 3.92. The van der Waals surface area contributed by atoms with Gasteiger partial charge >= 0.3 is 5.69 Å². The molecule has 7 nitrogen and oxygen atoms in total. The van der Waals surface area contributed by atoms with Crippen molar-refractivity contribution in [2.45, 2.75) is 13.8 Å². The standard InChI is InChI=1S/C17H15N3O4S/c1-10-4-6-14(13(7-10)20(22)23)24-9-16(21)19-17-18-12-5-3-11(2)8-15(12)25-17/h3-8H,9H2,1-2H3,(H,18,19,21). The molecule has 0 aliphatic rings. The van der Waals surface area contributed by atoms with Gasteiger partial charge in [-0.05, 0) is 43.2 Å². The Hall–Kier alpha value is -3.00. The molecule has 0 unspecified atom stereocenters. The number of thiazole rings is 1. The summed E-state index contributed by atoms with van der Waals surface area (Å²) in [5.74, 6) is -0.365. The van der Waals surface area contributed by atoms with E-state index in [1.54, 1.807) is 13.0 Å². The van der Waals surface area contributed by atoms with E-state index in [2.05, 4.69) is 10.3 Å². The molecule has 1 heterocycles. The number of anilines is 1. The number of nitro benzene ring substituents is 1. The molecule has 1 amide bonds. The van der Waals surface area contributed by atoms with Gasteiger partial charge in [0.05, 0.1) is 15.1 Å². The van der Waals surface area contributed by atoms with Gasteiger partial charge in [0.1, 0.15) is 0 Å². The molecule has 0 fully saturated rings. The van der Waals surface area contributed by atoms with Gasteiger partial charge in [-0.1, -0.05) is 23.5 Å². The average Bonchev–Trinajstić information content (AvgIpc) is 2.94. The van der Waals surface area contributed by atoms with Gasteiger partial charge in [0.2, 0.25) is 0 Å². The Bertz CT molecular complexity index is 968. The van der Waals surface area contributed by atoms with Gasteiger partial charge in [0.25, 0.3) is 5.91 Å². The summed E-state index contributed by atoms with van der Waals surface area (Å²) in [7, 11) is 0. The number of aromatic nitrogens is 1. The lowest BCUT2D eigenvalue weighted by Gasteiger charge is -2.06. The van der Waals surface area contributed by atoms with Gasteiger partial charge in [-0.2, -0.15) is 0 Å². The van der Waals surface area contributed by atoms with Crippen LogP contribution in [0.15, 0.2) is 36.4 Å². The molecule has 0 aliphatic carbocycles. The van der Waals surface area contributed by atoms with Crippen LogP contribution in [-0.4, -0.2) is 22.4 Å². The molecule has 128 valence electrons. The van der Waals surface area contributed by atoms with Gasteiger partial charge in [-0.3, -0.25) is 20.2 Å². The molecule has 0 radical (unpaired) electrons. The van der Waals surface area contributed by atoms with Gasteiger partial charge < -0.3 is 4.74 Å². The molecule has 2 aromatic carbocycles. The van der Waals surface area contributed by atoms with Crippen LogP contribution in [0, 0.1) is 24.0 Å². The zero-order chi connectivity index (χ0) is 18.0. The molecular weight excluding hydrogens is 342 g/mol. The van der Waals surface area contributed by atoms with Gasteiger partial charge in [0, 0.05) is 6.07 Å². The van der Waals surface area contributed by atoms with Crippen LogP contribution in [0.1, 0.15) is 11.1 Å². The number of aryl methyl sites for hydroxylation is 2. The number of ether oxygens (including phenoxy) is 1. The average molecular weight is 357 g/mol. The smallest absolute Gasteiger partial charge is 0.311 e. The number of amides is 1. The second-order valence-corrected chi connectivity index (χ2v) is 6.59. The fraction of sp³-hybridized carbons (Fsp3) is 0.176. The van der Waals surface area contributed by atoms with Crippen LogP contribution >= 0.6 is 11.3 Å². The van der Waals surface area contributed by atoms with Crippen molar-refractivity contribution in [3.63, 3.8) is 0 Å². The monoisotopic (exact) mass is 357 g/mol. The zero-order valence-electron chi connectivity index (χ0n) is 13.6. The molecule has 3 aromatic rings. The SMILES string of the molecule is Cc1ccc(OCC(=O)Nc2nc3ccc(C)cc3s2)c([N+](=O)[O-])c1. The van der Waals surface area contributed by atoms with E-state index in [4.69, 9.17) is 4.74 Å². The number of hydrogen-bond donors (Lipinski definition) is 1. The lowest BCUT2D eigenvalue weighted by Crippen LogP contribution is -2.20. The summed E-state index contributed by atoms with van der Waals surface area (Å²) in [5.41, 5.74) is 2.50.